The maximum Gasteiger partial charge on any atom is 0.324 e. The van der Waals surface area contributed by atoms with Crippen LogP contribution < -0.4 is 15.4 Å². The summed E-state index contributed by atoms with van der Waals surface area (Å²) in [5.41, 5.74) is 0.179. The molecule has 2 unspecified atom stereocenters. The molecule has 0 radical (unpaired) electrons. The monoisotopic (exact) mass is 580 g/mol. The zero-order chi connectivity index (χ0) is 27.7. The van der Waals surface area contributed by atoms with Gasteiger partial charge in [-0.15, -0.1) is 11.3 Å². The van der Waals surface area contributed by atoms with E-state index in [1.165, 1.54) is 23.5 Å². The second-order valence-electron chi connectivity index (χ2n) is 9.93. The van der Waals surface area contributed by atoms with Gasteiger partial charge in [-0.05, 0) is 55.8 Å². The van der Waals surface area contributed by atoms with Crippen LogP contribution in [0.1, 0.15) is 36.3 Å². The maximum atomic E-state index is 12.8. The van der Waals surface area contributed by atoms with E-state index in [-0.39, 0.29) is 24.0 Å². The van der Waals surface area contributed by atoms with Crippen molar-refractivity contribution in [2.45, 2.75) is 62.9 Å². The van der Waals surface area contributed by atoms with Crippen LogP contribution in [-0.2, 0) is 43.9 Å². The summed E-state index contributed by atoms with van der Waals surface area (Å²) in [6.07, 6.45) is 0.376. The third kappa shape index (κ3) is 7.07. The number of aromatic nitrogens is 1. The average Bonchev–Trinajstić information content (AvgIpc) is 3.24. The highest BCUT2D eigenvalue weighted by molar-refractivity contribution is 7.89. The van der Waals surface area contributed by atoms with Gasteiger partial charge in [0.2, 0.25) is 10.0 Å². The van der Waals surface area contributed by atoms with E-state index in [4.69, 9.17) is 16.3 Å². The smallest absolute Gasteiger partial charge is 0.324 e. The molecular formula is C25H29ClN4O6S2. The molecule has 0 aliphatic carbocycles. The van der Waals surface area contributed by atoms with E-state index in [0.717, 1.165) is 16.0 Å². The number of carboxylic acid groups (broad SMARTS) is 1. The first-order valence-electron chi connectivity index (χ1n) is 11.9. The van der Waals surface area contributed by atoms with Crippen molar-refractivity contribution in [1.82, 2.24) is 20.3 Å². The topological polar surface area (TPSA) is 147 Å². The largest absolute Gasteiger partial charge is 0.480 e. The Kier molecular flexibility index (Phi) is 8.40. The van der Waals surface area contributed by atoms with E-state index < -0.39 is 33.7 Å². The number of rotatable bonds is 9. The normalized spacial score (nSPS) is 16.7. The van der Waals surface area contributed by atoms with Gasteiger partial charge in [0.1, 0.15) is 22.7 Å². The maximum absolute atomic E-state index is 12.8. The van der Waals surface area contributed by atoms with Gasteiger partial charge in [0.15, 0.2) is 0 Å². The zero-order valence-corrected chi connectivity index (χ0v) is 23.5. The van der Waals surface area contributed by atoms with Crippen LogP contribution in [0, 0.1) is 0 Å². The summed E-state index contributed by atoms with van der Waals surface area (Å²) >= 11 is 7.40. The number of nitrogens with one attached hydrogen (secondary N) is 3. The lowest BCUT2D eigenvalue weighted by atomic mass is 10.1. The van der Waals surface area contributed by atoms with Crippen LogP contribution in [0.4, 0.5) is 0 Å². The predicted molar refractivity (Wildman–Crippen MR) is 145 cm³/mol. The molecule has 3 aromatic rings. The summed E-state index contributed by atoms with van der Waals surface area (Å²) in [7, 11) is -3.95. The van der Waals surface area contributed by atoms with Gasteiger partial charge < -0.3 is 9.84 Å². The minimum Gasteiger partial charge on any atom is -0.480 e. The zero-order valence-electron chi connectivity index (χ0n) is 21.1. The fourth-order valence-electron chi connectivity index (χ4n) is 3.93. The molecule has 2 heterocycles. The van der Waals surface area contributed by atoms with Crippen molar-refractivity contribution in [2.24, 2.45) is 0 Å². The number of halogens is 1. The molecule has 0 saturated carbocycles. The number of esters is 1. The fraction of sp³-hybridized carbons (Fsp3) is 0.400. The first kappa shape index (κ1) is 28.4. The second-order valence-corrected chi connectivity index (χ2v) is 13.3. The Bertz CT molecular complexity index is 1470. The van der Waals surface area contributed by atoms with E-state index >= 15 is 0 Å². The molecule has 4 rings (SSSR count). The lowest BCUT2D eigenvalue weighted by Crippen LogP contribution is -2.45. The third-order valence-corrected chi connectivity index (χ3v) is 8.53. The van der Waals surface area contributed by atoms with Crippen LogP contribution in [0.2, 0.25) is 5.02 Å². The van der Waals surface area contributed by atoms with Gasteiger partial charge in [-0.25, -0.2) is 18.1 Å². The van der Waals surface area contributed by atoms with E-state index in [1.54, 1.807) is 24.3 Å². The first-order chi connectivity index (χ1) is 17.8. The Morgan fingerprint density at radius 2 is 1.95 bits per heavy atom. The molecule has 1 aliphatic rings. The van der Waals surface area contributed by atoms with Crippen molar-refractivity contribution in [1.29, 1.82) is 0 Å². The standard InChI is InChI=1S/C25H29ClN4O6S2/c1-25(2,3)36-24(33)19-10-18-21(12-27-19)37-22(30-18)13-28-20(23(31)32)11-29-38(34,35)17-7-5-14-8-16(26)6-4-15(14)9-17/h4-9,19-20,27-29H,10-13H2,1-3H3,(H,31,32). The van der Waals surface area contributed by atoms with Gasteiger partial charge in [-0.3, -0.25) is 20.2 Å². The lowest BCUT2D eigenvalue weighted by Gasteiger charge is -2.26. The molecule has 1 aliphatic heterocycles. The number of hydrogen-bond donors (Lipinski definition) is 4. The average molecular weight is 581 g/mol. The molecule has 0 amide bonds. The van der Waals surface area contributed by atoms with Crippen LogP contribution >= 0.6 is 22.9 Å². The van der Waals surface area contributed by atoms with Gasteiger partial charge in [-0.1, -0.05) is 23.7 Å². The number of nitrogens with zero attached hydrogens (tertiary/aromatic N) is 1. The summed E-state index contributed by atoms with van der Waals surface area (Å²) in [6.45, 7) is 5.65. The molecule has 204 valence electrons. The molecule has 0 saturated heterocycles. The van der Waals surface area contributed by atoms with Crippen molar-refractivity contribution >= 4 is 55.7 Å². The molecule has 13 heteroatoms. The van der Waals surface area contributed by atoms with Crippen molar-refractivity contribution < 1.29 is 27.9 Å². The molecule has 1 aromatic heterocycles. The Labute approximate surface area is 229 Å². The molecule has 10 nitrogen and oxygen atoms in total. The number of thiazole rings is 1. The number of carboxylic acids is 1. The van der Waals surface area contributed by atoms with Crippen LogP contribution in [-0.4, -0.2) is 54.7 Å². The number of fused-ring (bicyclic) bond motifs is 2. The van der Waals surface area contributed by atoms with Crippen LogP contribution in [0.5, 0.6) is 0 Å². The Balaban J connectivity index is 1.36. The minimum absolute atomic E-state index is 0.0242. The molecular weight excluding hydrogens is 552 g/mol. The molecule has 38 heavy (non-hydrogen) atoms. The lowest BCUT2D eigenvalue weighted by molar-refractivity contribution is -0.157. The Hall–Kier alpha value is -2.61. The molecule has 0 spiro atoms. The summed E-state index contributed by atoms with van der Waals surface area (Å²) in [5, 5.41) is 18.3. The molecule has 2 atom stereocenters. The van der Waals surface area contributed by atoms with Gasteiger partial charge in [0.25, 0.3) is 0 Å². The van der Waals surface area contributed by atoms with Crippen molar-refractivity contribution in [3.05, 3.63) is 57.0 Å². The number of carbonyl (C=O) groups is 2. The van der Waals surface area contributed by atoms with Gasteiger partial charge in [0, 0.05) is 36.0 Å². The minimum atomic E-state index is -3.95. The number of hydrogen-bond acceptors (Lipinski definition) is 9. The number of carbonyl (C=O) groups excluding carboxylic acids is 1. The molecule has 2 aromatic carbocycles. The SMILES string of the molecule is CC(C)(C)OC(=O)C1Cc2nc(CNC(CNS(=O)(=O)c3ccc4cc(Cl)ccc4c3)C(=O)O)sc2CN1. The van der Waals surface area contributed by atoms with Crippen molar-refractivity contribution in [3.63, 3.8) is 0 Å². The first-order valence-corrected chi connectivity index (χ1v) is 14.6. The fourth-order valence-corrected chi connectivity index (χ4v) is 6.19. The predicted octanol–water partition coefficient (Wildman–Crippen LogP) is 2.83. The van der Waals surface area contributed by atoms with Gasteiger partial charge >= 0.3 is 11.9 Å². The summed E-state index contributed by atoms with van der Waals surface area (Å²) < 4.78 is 33.5. The summed E-state index contributed by atoms with van der Waals surface area (Å²) in [4.78, 5) is 29.8. The number of benzene rings is 2. The molecule has 0 bridgehead atoms. The molecule has 0 fully saturated rings. The Morgan fingerprint density at radius 3 is 2.66 bits per heavy atom. The highest BCUT2D eigenvalue weighted by atomic mass is 35.5. The van der Waals surface area contributed by atoms with Crippen LogP contribution in [0.3, 0.4) is 0 Å². The van der Waals surface area contributed by atoms with Crippen LogP contribution in [0.15, 0.2) is 41.3 Å². The van der Waals surface area contributed by atoms with Gasteiger partial charge in [0.05, 0.1) is 10.6 Å². The van der Waals surface area contributed by atoms with Crippen LogP contribution in [0.25, 0.3) is 10.8 Å². The van der Waals surface area contributed by atoms with Crippen molar-refractivity contribution in [2.75, 3.05) is 6.54 Å². The third-order valence-electron chi connectivity index (χ3n) is 5.78. The summed E-state index contributed by atoms with van der Waals surface area (Å²) in [5.74, 6) is -1.54. The quantitative estimate of drug-likeness (QED) is 0.280. The van der Waals surface area contributed by atoms with Crippen molar-refractivity contribution in [3.8, 4) is 0 Å². The molecule has 4 N–H and O–H groups in total. The number of aliphatic carboxylic acids is 1. The van der Waals surface area contributed by atoms with E-state index in [9.17, 15) is 23.1 Å². The van der Waals surface area contributed by atoms with E-state index in [2.05, 4.69) is 20.3 Å². The highest BCUT2D eigenvalue weighted by Gasteiger charge is 2.31. The number of sulfonamides is 1. The Morgan fingerprint density at radius 1 is 1.24 bits per heavy atom. The summed E-state index contributed by atoms with van der Waals surface area (Å²) in [6, 6.07) is 8.04. The van der Waals surface area contributed by atoms with Gasteiger partial charge in [-0.2, -0.15) is 0 Å². The van der Waals surface area contributed by atoms with E-state index in [1.807, 2.05) is 20.8 Å². The highest BCUT2D eigenvalue weighted by Crippen LogP contribution is 2.25. The van der Waals surface area contributed by atoms with E-state index in [0.29, 0.717) is 28.4 Å². The second kappa shape index (κ2) is 11.2. The number of ether oxygens (including phenoxy) is 1.